The van der Waals surface area contributed by atoms with E-state index in [-0.39, 0.29) is 10.7 Å². The van der Waals surface area contributed by atoms with Gasteiger partial charge in [-0.25, -0.2) is 0 Å². The molecule has 0 amide bonds. The zero-order valence-electron chi connectivity index (χ0n) is 9.31. The molecule has 1 heterocycles. The Morgan fingerprint density at radius 2 is 2.44 bits per heavy atom. The Hall–Kier alpha value is -0.910. The molecule has 5 nitrogen and oxygen atoms in total. The maximum absolute atomic E-state index is 11.8. The first kappa shape index (κ1) is 13.2. The molecule has 0 saturated heterocycles. The number of nitrogens with zero attached hydrogens (tertiary/aromatic N) is 2. The number of Topliss-reactive ketones (excluding diaryl/α,β-unsaturated/α-hetero) is 1. The Bertz CT molecular complexity index is 365. The van der Waals surface area contributed by atoms with Crippen molar-refractivity contribution in [3.05, 3.63) is 16.9 Å². The van der Waals surface area contributed by atoms with Crippen molar-refractivity contribution in [2.24, 2.45) is 0 Å². The molecule has 1 rings (SSSR count). The number of ketones is 1. The normalized spacial score (nSPS) is 12.8. The highest BCUT2D eigenvalue weighted by molar-refractivity contribution is 6.33. The summed E-state index contributed by atoms with van der Waals surface area (Å²) < 4.78 is 6.35. The average Bonchev–Trinajstić information content (AvgIpc) is 2.65. The van der Waals surface area contributed by atoms with Crippen molar-refractivity contribution in [1.29, 1.82) is 0 Å². The van der Waals surface area contributed by atoms with Gasteiger partial charge >= 0.3 is 0 Å². The summed E-state index contributed by atoms with van der Waals surface area (Å²) in [5.74, 6) is -0.402. The van der Waals surface area contributed by atoms with Crippen LogP contribution in [0.15, 0.2) is 6.20 Å². The third kappa shape index (κ3) is 2.81. The number of aromatic nitrogens is 2. The molecule has 1 unspecified atom stereocenters. The lowest BCUT2D eigenvalue weighted by Crippen LogP contribution is -2.24. The minimum atomic E-state index is -1.03. The predicted octanol–water partition coefficient (Wildman–Crippen LogP) is 1.14. The lowest BCUT2D eigenvalue weighted by Gasteiger charge is -2.09. The van der Waals surface area contributed by atoms with Crippen molar-refractivity contribution in [2.45, 2.75) is 26.0 Å². The number of carbonyl (C=O) groups excluding carboxylic acids is 1. The fourth-order valence-corrected chi connectivity index (χ4v) is 1.53. The van der Waals surface area contributed by atoms with Gasteiger partial charge in [0.2, 0.25) is 5.78 Å². The monoisotopic (exact) mass is 246 g/mol. The Labute approximate surface area is 99.0 Å². The highest BCUT2D eigenvalue weighted by Gasteiger charge is 2.22. The van der Waals surface area contributed by atoms with E-state index in [0.29, 0.717) is 19.6 Å². The quantitative estimate of drug-likeness (QED) is 0.765. The molecule has 0 fully saturated rings. The molecule has 0 bridgehead atoms. The van der Waals surface area contributed by atoms with Gasteiger partial charge in [-0.15, -0.1) is 0 Å². The van der Waals surface area contributed by atoms with Crippen LogP contribution in [-0.2, 0) is 11.3 Å². The van der Waals surface area contributed by atoms with Crippen LogP contribution in [0.5, 0.6) is 0 Å². The zero-order valence-corrected chi connectivity index (χ0v) is 10.1. The third-order valence-electron chi connectivity index (χ3n) is 2.22. The maximum atomic E-state index is 11.8. The summed E-state index contributed by atoms with van der Waals surface area (Å²) in [7, 11) is 1.56. The molecular weight excluding hydrogens is 232 g/mol. The lowest BCUT2D eigenvalue weighted by molar-refractivity contribution is 0.0726. The Balaban J connectivity index is 2.92. The van der Waals surface area contributed by atoms with Gasteiger partial charge in [0.05, 0.1) is 24.4 Å². The van der Waals surface area contributed by atoms with E-state index in [1.807, 2.05) is 0 Å². The molecule has 0 aliphatic carbocycles. The van der Waals surface area contributed by atoms with Crippen LogP contribution in [-0.4, -0.2) is 40.5 Å². The highest BCUT2D eigenvalue weighted by atomic mass is 35.5. The van der Waals surface area contributed by atoms with Crippen LogP contribution in [0, 0.1) is 0 Å². The van der Waals surface area contributed by atoms with Crippen LogP contribution >= 0.6 is 11.6 Å². The van der Waals surface area contributed by atoms with E-state index in [2.05, 4.69) is 5.10 Å². The smallest absolute Gasteiger partial charge is 0.210 e. The summed E-state index contributed by atoms with van der Waals surface area (Å²) in [5.41, 5.74) is 0.244. The van der Waals surface area contributed by atoms with E-state index >= 15 is 0 Å². The number of halogens is 1. The molecule has 0 aliphatic rings. The van der Waals surface area contributed by atoms with E-state index in [1.54, 1.807) is 14.0 Å². The summed E-state index contributed by atoms with van der Waals surface area (Å²) in [6, 6.07) is 0. The molecule has 0 aliphatic heterocycles. The standard InChI is InChI=1S/C10H15ClN2O3/c1-3-8(14)10(15)9-7(11)6-12-13(9)4-5-16-2/h6,8,14H,3-5H2,1-2H3. The molecule has 1 N–H and O–H groups in total. The molecule has 0 saturated carbocycles. The van der Waals surface area contributed by atoms with E-state index in [1.165, 1.54) is 10.9 Å². The number of carbonyl (C=O) groups is 1. The van der Waals surface area contributed by atoms with Gasteiger partial charge in [-0.1, -0.05) is 18.5 Å². The van der Waals surface area contributed by atoms with Gasteiger partial charge in [-0.05, 0) is 6.42 Å². The van der Waals surface area contributed by atoms with E-state index in [9.17, 15) is 9.90 Å². The third-order valence-corrected chi connectivity index (χ3v) is 2.50. The van der Waals surface area contributed by atoms with Crippen molar-refractivity contribution < 1.29 is 14.6 Å². The summed E-state index contributed by atoms with van der Waals surface area (Å²) in [4.78, 5) is 11.8. The summed E-state index contributed by atoms with van der Waals surface area (Å²) in [5, 5.41) is 13.7. The first-order valence-electron chi connectivity index (χ1n) is 5.04. The largest absolute Gasteiger partial charge is 0.385 e. The van der Waals surface area contributed by atoms with Gasteiger partial charge < -0.3 is 9.84 Å². The zero-order chi connectivity index (χ0) is 12.1. The number of ether oxygens (including phenoxy) is 1. The second-order valence-electron chi connectivity index (χ2n) is 3.35. The Morgan fingerprint density at radius 1 is 1.75 bits per heavy atom. The summed E-state index contributed by atoms with van der Waals surface area (Å²) >= 11 is 5.86. The SMILES string of the molecule is CCC(O)C(=O)c1c(Cl)cnn1CCOC. The fourth-order valence-electron chi connectivity index (χ4n) is 1.30. The highest BCUT2D eigenvalue weighted by Crippen LogP contribution is 2.17. The van der Waals surface area contributed by atoms with E-state index in [4.69, 9.17) is 16.3 Å². The van der Waals surface area contributed by atoms with E-state index in [0.717, 1.165) is 0 Å². The van der Waals surface area contributed by atoms with Crippen LogP contribution in [0.2, 0.25) is 5.02 Å². The van der Waals surface area contributed by atoms with Crippen LogP contribution < -0.4 is 0 Å². The first-order valence-corrected chi connectivity index (χ1v) is 5.42. The lowest BCUT2D eigenvalue weighted by atomic mass is 10.1. The van der Waals surface area contributed by atoms with Crippen molar-refractivity contribution in [2.75, 3.05) is 13.7 Å². The van der Waals surface area contributed by atoms with Crippen LogP contribution in [0.1, 0.15) is 23.8 Å². The van der Waals surface area contributed by atoms with Gasteiger partial charge in [0.15, 0.2) is 0 Å². The van der Waals surface area contributed by atoms with E-state index < -0.39 is 11.9 Å². The summed E-state index contributed by atoms with van der Waals surface area (Å²) in [6.07, 6.45) is 0.716. The molecule has 0 aromatic carbocycles. The number of rotatable bonds is 6. The number of aliphatic hydroxyl groups excluding tert-OH is 1. The Kier molecular flexibility index (Phi) is 4.92. The van der Waals surface area contributed by atoms with Crippen molar-refractivity contribution in [1.82, 2.24) is 9.78 Å². The molecule has 90 valence electrons. The second kappa shape index (κ2) is 5.98. The molecular formula is C10H15ClN2O3. The molecule has 1 atom stereocenters. The molecule has 16 heavy (non-hydrogen) atoms. The second-order valence-corrected chi connectivity index (χ2v) is 3.75. The predicted molar refractivity (Wildman–Crippen MR) is 59.7 cm³/mol. The van der Waals surface area contributed by atoms with Crippen LogP contribution in [0.4, 0.5) is 0 Å². The van der Waals surface area contributed by atoms with Gasteiger partial charge in [0, 0.05) is 7.11 Å². The van der Waals surface area contributed by atoms with Crippen molar-refractivity contribution >= 4 is 17.4 Å². The minimum Gasteiger partial charge on any atom is -0.385 e. The average molecular weight is 247 g/mol. The molecule has 1 aromatic rings. The first-order chi connectivity index (χ1) is 7.61. The summed E-state index contributed by atoms with van der Waals surface area (Å²) in [6.45, 7) is 2.59. The molecule has 1 aromatic heterocycles. The van der Waals surface area contributed by atoms with Gasteiger partial charge in [-0.3, -0.25) is 9.48 Å². The molecule has 0 spiro atoms. The maximum Gasteiger partial charge on any atom is 0.210 e. The molecule has 0 radical (unpaired) electrons. The van der Waals surface area contributed by atoms with Crippen LogP contribution in [0.25, 0.3) is 0 Å². The van der Waals surface area contributed by atoms with Crippen molar-refractivity contribution in [3.8, 4) is 0 Å². The number of hydrogen-bond acceptors (Lipinski definition) is 4. The number of methoxy groups -OCH3 is 1. The number of hydrogen-bond donors (Lipinski definition) is 1. The van der Waals surface area contributed by atoms with Gasteiger partial charge in [0.25, 0.3) is 0 Å². The molecule has 6 heteroatoms. The van der Waals surface area contributed by atoms with Crippen LogP contribution in [0.3, 0.4) is 0 Å². The van der Waals surface area contributed by atoms with Gasteiger partial charge in [-0.2, -0.15) is 5.10 Å². The fraction of sp³-hybridized carbons (Fsp3) is 0.600. The minimum absolute atomic E-state index is 0.244. The Morgan fingerprint density at radius 3 is 3.00 bits per heavy atom. The topological polar surface area (TPSA) is 64.3 Å². The number of aliphatic hydroxyl groups is 1. The van der Waals surface area contributed by atoms with Crippen molar-refractivity contribution in [3.63, 3.8) is 0 Å². The van der Waals surface area contributed by atoms with Gasteiger partial charge in [0.1, 0.15) is 11.8 Å².